The number of esters is 1. The zero-order chi connectivity index (χ0) is 18.5. The van der Waals surface area contributed by atoms with Crippen LogP contribution in [0.4, 0.5) is 0 Å². The SMILES string of the molecule is Cc1ccccc1CCNC(=O)COC(=O)c1cn2c(C)cccc2n1. The first-order valence-electron chi connectivity index (χ1n) is 8.47. The molecule has 0 bridgehead atoms. The van der Waals surface area contributed by atoms with Gasteiger partial charge in [-0.2, -0.15) is 0 Å². The number of aromatic nitrogens is 2. The third-order valence-corrected chi connectivity index (χ3v) is 4.22. The van der Waals surface area contributed by atoms with Crippen molar-refractivity contribution >= 4 is 17.5 Å². The van der Waals surface area contributed by atoms with Gasteiger partial charge in [-0.15, -0.1) is 0 Å². The molecular weight excluding hydrogens is 330 g/mol. The number of carbonyl (C=O) groups is 2. The van der Waals surface area contributed by atoms with Crippen LogP contribution in [0.1, 0.15) is 27.3 Å². The molecule has 0 saturated carbocycles. The van der Waals surface area contributed by atoms with E-state index in [2.05, 4.69) is 10.3 Å². The third kappa shape index (κ3) is 4.08. The molecule has 0 unspecified atom stereocenters. The predicted molar refractivity (Wildman–Crippen MR) is 98.1 cm³/mol. The predicted octanol–water partition coefficient (Wildman–Crippen LogP) is 2.47. The van der Waals surface area contributed by atoms with E-state index in [-0.39, 0.29) is 18.2 Å². The highest BCUT2D eigenvalue weighted by atomic mass is 16.5. The second kappa shape index (κ2) is 7.82. The van der Waals surface area contributed by atoms with Crippen molar-refractivity contribution in [1.29, 1.82) is 0 Å². The van der Waals surface area contributed by atoms with Crippen molar-refractivity contribution in [2.24, 2.45) is 0 Å². The summed E-state index contributed by atoms with van der Waals surface area (Å²) >= 11 is 0. The quantitative estimate of drug-likeness (QED) is 0.693. The first-order valence-corrected chi connectivity index (χ1v) is 8.47. The van der Waals surface area contributed by atoms with Gasteiger partial charge in [0.25, 0.3) is 5.91 Å². The zero-order valence-corrected chi connectivity index (χ0v) is 14.9. The summed E-state index contributed by atoms with van der Waals surface area (Å²) in [6.45, 7) is 4.13. The molecule has 1 aromatic carbocycles. The van der Waals surface area contributed by atoms with Crippen molar-refractivity contribution in [1.82, 2.24) is 14.7 Å². The lowest BCUT2D eigenvalue weighted by molar-refractivity contribution is -0.124. The van der Waals surface area contributed by atoms with E-state index in [0.29, 0.717) is 12.2 Å². The number of fused-ring (bicyclic) bond motifs is 1. The van der Waals surface area contributed by atoms with E-state index < -0.39 is 5.97 Å². The largest absolute Gasteiger partial charge is 0.451 e. The van der Waals surface area contributed by atoms with Gasteiger partial charge in [-0.05, 0) is 43.5 Å². The first-order chi connectivity index (χ1) is 12.5. The van der Waals surface area contributed by atoms with Crippen LogP contribution in [0, 0.1) is 13.8 Å². The number of hydrogen-bond donors (Lipinski definition) is 1. The summed E-state index contributed by atoms with van der Waals surface area (Å²) in [7, 11) is 0. The lowest BCUT2D eigenvalue weighted by Gasteiger charge is -2.07. The van der Waals surface area contributed by atoms with Gasteiger partial charge >= 0.3 is 5.97 Å². The number of carbonyl (C=O) groups excluding carboxylic acids is 2. The van der Waals surface area contributed by atoms with Crippen molar-refractivity contribution in [2.75, 3.05) is 13.2 Å². The Morgan fingerprint density at radius 3 is 2.69 bits per heavy atom. The number of benzene rings is 1. The lowest BCUT2D eigenvalue weighted by atomic mass is 10.1. The summed E-state index contributed by atoms with van der Waals surface area (Å²) in [4.78, 5) is 28.2. The number of nitrogens with zero attached hydrogens (tertiary/aromatic N) is 2. The van der Waals surface area contributed by atoms with E-state index in [4.69, 9.17) is 4.74 Å². The van der Waals surface area contributed by atoms with Gasteiger partial charge in [-0.3, -0.25) is 4.79 Å². The molecular formula is C20H21N3O3. The van der Waals surface area contributed by atoms with Crippen molar-refractivity contribution in [2.45, 2.75) is 20.3 Å². The molecule has 0 atom stereocenters. The Morgan fingerprint density at radius 2 is 1.92 bits per heavy atom. The van der Waals surface area contributed by atoms with Gasteiger partial charge in [0.2, 0.25) is 0 Å². The number of aryl methyl sites for hydroxylation is 2. The highest BCUT2D eigenvalue weighted by Crippen LogP contribution is 2.09. The van der Waals surface area contributed by atoms with Gasteiger partial charge in [0, 0.05) is 18.4 Å². The zero-order valence-electron chi connectivity index (χ0n) is 14.9. The number of hydrogen-bond acceptors (Lipinski definition) is 4. The maximum Gasteiger partial charge on any atom is 0.359 e. The molecule has 134 valence electrons. The molecule has 6 nitrogen and oxygen atoms in total. The minimum absolute atomic E-state index is 0.187. The summed E-state index contributed by atoms with van der Waals surface area (Å²) in [5, 5.41) is 2.76. The summed E-state index contributed by atoms with van der Waals surface area (Å²) in [6.07, 6.45) is 2.35. The van der Waals surface area contributed by atoms with Crippen LogP contribution in [-0.4, -0.2) is 34.4 Å². The van der Waals surface area contributed by atoms with Gasteiger partial charge in [-0.25, -0.2) is 9.78 Å². The van der Waals surface area contributed by atoms with E-state index in [1.165, 1.54) is 11.1 Å². The van der Waals surface area contributed by atoms with E-state index >= 15 is 0 Å². The van der Waals surface area contributed by atoms with Crippen molar-refractivity contribution in [3.8, 4) is 0 Å². The van der Waals surface area contributed by atoms with Crippen LogP contribution in [0.15, 0.2) is 48.7 Å². The molecule has 0 aliphatic heterocycles. The fraction of sp³-hybridized carbons (Fsp3) is 0.250. The molecule has 3 aromatic rings. The average Bonchev–Trinajstić information content (AvgIpc) is 3.07. The first kappa shape index (κ1) is 17.7. The van der Waals surface area contributed by atoms with E-state index in [1.54, 1.807) is 10.6 Å². The molecule has 2 aromatic heterocycles. The molecule has 0 fully saturated rings. The second-order valence-electron chi connectivity index (χ2n) is 6.12. The van der Waals surface area contributed by atoms with Crippen LogP contribution in [-0.2, 0) is 16.0 Å². The maximum absolute atomic E-state index is 12.1. The Kier molecular flexibility index (Phi) is 5.31. The Morgan fingerprint density at radius 1 is 1.12 bits per heavy atom. The summed E-state index contributed by atoms with van der Waals surface area (Å²) in [5.74, 6) is -0.936. The number of amides is 1. The van der Waals surface area contributed by atoms with E-state index in [9.17, 15) is 9.59 Å². The molecule has 0 aliphatic carbocycles. The molecule has 6 heteroatoms. The number of imidazole rings is 1. The molecule has 3 rings (SSSR count). The molecule has 2 heterocycles. The highest BCUT2D eigenvalue weighted by molar-refractivity contribution is 5.90. The number of rotatable bonds is 6. The normalized spacial score (nSPS) is 10.7. The molecule has 26 heavy (non-hydrogen) atoms. The van der Waals surface area contributed by atoms with Gasteiger partial charge in [0.15, 0.2) is 12.3 Å². The Hall–Kier alpha value is -3.15. The number of ether oxygens (including phenoxy) is 1. The van der Waals surface area contributed by atoms with Gasteiger partial charge in [0.1, 0.15) is 5.65 Å². The monoisotopic (exact) mass is 351 g/mol. The van der Waals surface area contributed by atoms with E-state index in [1.807, 2.05) is 56.3 Å². The van der Waals surface area contributed by atoms with Gasteiger partial charge < -0.3 is 14.5 Å². The molecule has 0 radical (unpaired) electrons. The van der Waals surface area contributed by atoms with Crippen LogP contribution in [0.25, 0.3) is 5.65 Å². The summed E-state index contributed by atoms with van der Waals surface area (Å²) in [6, 6.07) is 13.6. The Balaban J connectivity index is 1.48. The summed E-state index contributed by atoms with van der Waals surface area (Å²) < 4.78 is 6.86. The Bertz CT molecular complexity index is 946. The fourth-order valence-corrected chi connectivity index (χ4v) is 2.73. The van der Waals surface area contributed by atoms with Crippen LogP contribution < -0.4 is 5.32 Å². The third-order valence-electron chi connectivity index (χ3n) is 4.22. The Labute approximate surface area is 151 Å². The standard InChI is InChI=1S/C20H21N3O3/c1-14-6-3-4-8-16(14)10-11-21-19(24)13-26-20(25)17-12-23-15(2)7-5-9-18(23)22-17/h3-9,12H,10-11,13H2,1-2H3,(H,21,24). The smallest absolute Gasteiger partial charge is 0.359 e. The maximum atomic E-state index is 12.1. The van der Waals surface area contributed by atoms with Crippen molar-refractivity contribution < 1.29 is 14.3 Å². The molecule has 1 N–H and O–H groups in total. The van der Waals surface area contributed by atoms with Gasteiger partial charge in [-0.1, -0.05) is 30.3 Å². The summed E-state index contributed by atoms with van der Waals surface area (Å²) in [5.41, 5.74) is 4.19. The van der Waals surface area contributed by atoms with Gasteiger partial charge in [0.05, 0.1) is 0 Å². The topological polar surface area (TPSA) is 72.7 Å². The minimum atomic E-state index is -0.609. The van der Waals surface area contributed by atoms with Crippen LogP contribution >= 0.6 is 0 Å². The highest BCUT2D eigenvalue weighted by Gasteiger charge is 2.14. The molecule has 0 spiro atoms. The van der Waals surface area contributed by atoms with Crippen molar-refractivity contribution in [3.63, 3.8) is 0 Å². The molecule has 0 saturated heterocycles. The minimum Gasteiger partial charge on any atom is -0.451 e. The molecule has 1 amide bonds. The fourth-order valence-electron chi connectivity index (χ4n) is 2.73. The van der Waals surface area contributed by atoms with Crippen molar-refractivity contribution in [3.05, 3.63) is 71.2 Å². The lowest BCUT2D eigenvalue weighted by Crippen LogP contribution is -2.30. The van der Waals surface area contributed by atoms with Crippen LogP contribution in [0.5, 0.6) is 0 Å². The van der Waals surface area contributed by atoms with Crippen LogP contribution in [0.3, 0.4) is 0 Å². The van der Waals surface area contributed by atoms with E-state index in [0.717, 1.165) is 12.1 Å². The van der Waals surface area contributed by atoms with Crippen LogP contribution in [0.2, 0.25) is 0 Å². The number of nitrogens with one attached hydrogen (secondary N) is 1. The molecule has 0 aliphatic rings. The number of pyridine rings is 1. The second-order valence-corrected chi connectivity index (χ2v) is 6.12. The average molecular weight is 351 g/mol.